The van der Waals surface area contributed by atoms with Gasteiger partial charge in [-0.2, -0.15) is 13.2 Å². The number of halogens is 4. The zero-order valence-corrected chi connectivity index (χ0v) is 17.6. The van der Waals surface area contributed by atoms with Crippen molar-refractivity contribution in [2.75, 3.05) is 12.4 Å². The van der Waals surface area contributed by atoms with Crippen molar-refractivity contribution in [3.63, 3.8) is 0 Å². The Kier molecular flexibility index (Phi) is 5.84. The Labute approximate surface area is 187 Å². The number of nitrogens with one attached hydrogen (secondary N) is 1. The Morgan fingerprint density at radius 3 is 2.53 bits per heavy atom. The first kappa shape index (κ1) is 21.8. The molecular weight excluding hydrogens is 443 g/mol. The molecule has 164 valence electrons. The lowest BCUT2D eigenvalue weighted by Gasteiger charge is -2.12. The van der Waals surface area contributed by atoms with Crippen LogP contribution in [0.5, 0.6) is 11.5 Å². The highest BCUT2D eigenvalue weighted by molar-refractivity contribution is 6.35. The third kappa shape index (κ3) is 4.43. The van der Waals surface area contributed by atoms with E-state index in [-0.39, 0.29) is 17.9 Å². The molecule has 1 aliphatic heterocycles. The van der Waals surface area contributed by atoms with E-state index in [4.69, 9.17) is 21.1 Å². The molecule has 1 heterocycles. The number of rotatable bonds is 5. The maximum atomic E-state index is 13.0. The van der Waals surface area contributed by atoms with Crippen LogP contribution in [0.3, 0.4) is 0 Å². The maximum Gasteiger partial charge on any atom is 0.416 e. The summed E-state index contributed by atoms with van der Waals surface area (Å²) in [6, 6.07) is 15.6. The molecular formula is C24H17ClF3NO3. The Hall–Kier alpha value is -3.45. The van der Waals surface area contributed by atoms with Crippen LogP contribution in [0.15, 0.2) is 60.7 Å². The van der Waals surface area contributed by atoms with Crippen molar-refractivity contribution >= 4 is 34.8 Å². The summed E-state index contributed by atoms with van der Waals surface area (Å²) in [4.78, 5) is 12.4. The van der Waals surface area contributed by atoms with Gasteiger partial charge in [-0.1, -0.05) is 41.9 Å². The Morgan fingerprint density at radius 2 is 1.81 bits per heavy atom. The second-order valence-electron chi connectivity index (χ2n) is 7.06. The fourth-order valence-electron chi connectivity index (χ4n) is 3.34. The first-order chi connectivity index (χ1) is 15.3. The molecule has 4 rings (SSSR count). The minimum atomic E-state index is -4.49. The maximum absolute atomic E-state index is 13.0. The lowest BCUT2D eigenvalue weighted by atomic mass is 10.0. The van der Waals surface area contributed by atoms with Crippen molar-refractivity contribution in [3.05, 3.63) is 87.9 Å². The minimum Gasteiger partial charge on any atom is -0.493 e. The predicted molar refractivity (Wildman–Crippen MR) is 117 cm³/mol. The molecule has 0 bridgehead atoms. The Morgan fingerprint density at radius 1 is 1.03 bits per heavy atom. The number of methoxy groups -OCH3 is 1. The van der Waals surface area contributed by atoms with Crippen LogP contribution in [-0.2, 0) is 17.6 Å². The molecule has 1 amide bonds. The molecule has 3 aromatic carbocycles. The van der Waals surface area contributed by atoms with E-state index in [9.17, 15) is 18.0 Å². The third-order valence-electron chi connectivity index (χ3n) is 4.97. The SMILES string of the molecule is COc1cc(/C=C2/C(=O)Nc3cc(C(F)(F)F)ccc32)ccc1OCc1ccccc1Cl. The summed E-state index contributed by atoms with van der Waals surface area (Å²) in [5, 5.41) is 3.08. The molecule has 0 radical (unpaired) electrons. The van der Waals surface area contributed by atoms with Gasteiger partial charge < -0.3 is 14.8 Å². The summed E-state index contributed by atoms with van der Waals surface area (Å²) in [5.41, 5.74) is 1.42. The molecule has 0 fully saturated rings. The molecule has 8 heteroatoms. The molecule has 0 aromatic heterocycles. The second-order valence-corrected chi connectivity index (χ2v) is 7.47. The number of amides is 1. The smallest absolute Gasteiger partial charge is 0.416 e. The second kappa shape index (κ2) is 8.59. The molecule has 0 aliphatic carbocycles. The lowest BCUT2D eigenvalue weighted by Crippen LogP contribution is -2.06. The predicted octanol–water partition coefficient (Wildman–Crippen LogP) is 6.44. The zero-order valence-electron chi connectivity index (χ0n) is 16.8. The Balaban J connectivity index is 1.60. The van der Waals surface area contributed by atoms with Gasteiger partial charge in [-0.15, -0.1) is 0 Å². The summed E-state index contributed by atoms with van der Waals surface area (Å²) in [7, 11) is 1.49. The van der Waals surface area contributed by atoms with Gasteiger partial charge in [0, 0.05) is 27.4 Å². The van der Waals surface area contributed by atoms with Crippen LogP contribution in [0.2, 0.25) is 5.02 Å². The van der Waals surface area contributed by atoms with Gasteiger partial charge >= 0.3 is 6.18 Å². The van der Waals surface area contributed by atoms with Crippen LogP contribution in [0.1, 0.15) is 22.3 Å². The molecule has 0 atom stereocenters. The fourth-order valence-corrected chi connectivity index (χ4v) is 3.54. The van der Waals surface area contributed by atoms with Crippen LogP contribution in [0.4, 0.5) is 18.9 Å². The summed E-state index contributed by atoms with van der Waals surface area (Å²) in [6.45, 7) is 0.244. The number of hydrogen-bond donors (Lipinski definition) is 1. The fraction of sp³-hybridized carbons (Fsp3) is 0.125. The number of fused-ring (bicyclic) bond motifs is 1. The zero-order chi connectivity index (χ0) is 22.9. The van der Waals surface area contributed by atoms with Gasteiger partial charge in [0.25, 0.3) is 5.91 Å². The third-order valence-corrected chi connectivity index (χ3v) is 5.34. The van der Waals surface area contributed by atoms with E-state index in [1.165, 1.54) is 13.2 Å². The van der Waals surface area contributed by atoms with Crippen LogP contribution >= 0.6 is 11.6 Å². The molecule has 0 spiro atoms. The van der Waals surface area contributed by atoms with Crippen molar-refractivity contribution in [1.82, 2.24) is 0 Å². The summed E-state index contributed by atoms with van der Waals surface area (Å²) >= 11 is 6.15. The molecule has 0 unspecified atom stereocenters. The number of hydrogen-bond acceptors (Lipinski definition) is 3. The average Bonchev–Trinajstić information content (AvgIpc) is 3.07. The highest BCUT2D eigenvalue weighted by Gasteiger charge is 2.33. The quantitative estimate of drug-likeness (QED) is 0.447. The van der Waals surface area contributed by atoms with E-state index in [1.807, 2.05) is 18.2 Å². The number of anilines is 1. The summed E-state index contributed by atoms with van der Waals surface area (Å²) in [5.74, 6) is 0.454. The van der Waals surface area contributed by atoms with E-state index in [2.05, 4.69) is 5.32 Å². The van der Waals surface area contributed by atoms with Gasteiger partial charge in [-0.05, 0) is 42.0 Å². The van der Waals surface area contributed by atoms with Crippen molar-refractivity contribution in [1.29, 1.82) is 0 Å². The standard InChI is InChI=1S/C24H17ClF3NO3/c1-31-22-11-14(6-9-21(22)32-13-15-4-2-3-5-19(15)25)10-18-17-8-7-16(24(26,27)28)12-20(17)29-23(18)30/h2-12H,13H2,1H3,(H,29,30)/b18-10+. The van der Waals surface area contributed by atoms with Crippen LogP contribution < -0.4 is 14.8 Å². The molecule has 32 heavy (non-hydrogen) atoms. The first-order valence-corrected chi connectivity index (χ1v) is 9.93. The first-order valence-electron chi connectivity index (χ1n) is 9.55. The van der Waals surface area contributed by atoms with Gasteiger partial charge in [0.05, 0.1) is 12.7 Å². The largest absolute Gasteiger partial charge is 0.493 e. The highest BCUT2D eigenvalue weighted by atomic mass is 35.5. The number of alkyl halides is 3. The average molecular weight is 460 g/mol. The Bertz CT molecular complexity index is 1220. The van der Waals surface area contributed by atoms with Gasteiger partial charge in [0.2, 0.25) is 0 Å². The van der Waals surface area contributed by atoms with Crippen LogP contribution in [0.25, 0.3) is 11.6 Å². The van der Waals surface area contributed by atoms with E-state index in [1.54, 1.807) is 30.3 Å². The number of benzene rings is 3. The normalized spacial score (nSPS) is 14.3. The number of carbonyl (C=O) groups is 1. The number of carbonyl (C=O) groups excluding carboxylic acids is 1. The van der Waals surface area contributed by atoms with E-state index >= 15 is 0 Å². The van der Waals surface area contributed by atoms with Crippen molar-refractivity contribution in [2.45, 2.75) is 12.8 Å². The summed E-state index contributed by atoms with van der Waals surface area (Å²) in [6.07, 6.45) is -2.89. The van der Waals surface area contributed by atoms with Gasteiger partial charge in [0.1, 0.15) is 6.61 Å². The van der Waals surface area contributed by atoms with Gasteiger partial charge in [-0.3, -0.25) is 4.79 Å². The van der Waals surface area contributed by atoms with Gasteiger partial charge in [-0.25, -0.2) is 0 Å². The molecule has 1 N–H and O–H groups in total. The van der Waals surface area contributed by atoms with Crippen LogP contribution in [0, 0.1) is 0 Å². The topological polar surface area (TPSA) is 47.6 Å². The molecule has 4 nitrogen and oxygen atoms in total. The van der Waals surface area contributed by atoms with E-state index < -0.39 is 17.6 Å². The van der Waals surface area contributed by atoms with E-state index in [0.29, 0.717) is 27.6 Å². The lowest BCUT2D eigenvalue weighted by molar-refractivity contribution is -0.137. The van der Waals surface area contributed by atoms with Crippen molar-refractivity contribution in [3.8, 4) is 11.5 Å². The van der Waals surface area contributed by atoms with Crippen molar-refractivity contribution < 1.29 is 27.4 Å². The van der Waals surface area contributed by atoms with E-state index in [0.717, 1.165) is 17.7 Å². The minimum absolute atomic E-state index is 0.128. The molecule has 3 aromatic rings. The van der Waals surface area contributed by atoms with Crippen molar-refractivity contribution in [2.24, 2.45) is 0 Å². The summed E-state index contributed by atoms with van der Waals surface area (Å²) < 4.78 is 50.1. The monoisotopic (exact) mass is 459 g/mol. The number of ether oxygens (including phenoxy) is 2. The molecule has 0 saturated heterocycles. The van der Waals surface area contributed by atoms with Crippen LogP contribution in [-0.4, -0.2) is 13.0 Å². The highest BCUT2D eigenvalue weighted by Crippen LogP contribution is 2.39. The molecule has 0 saturated carbocycles. The molecule has 1 aliphatic rings. The van der Waals surface area contributed by atoms with Gasteiger partial charge in [0.15, 0.2) is 11.5 Å².